The average Bonchev–Trinajstić information content (AvgIpc) is 2.49. The molecule has 1 heterocycles. The summed E-state index contributed by atoms with van der Waals surface area (Å²) in [5.74, 6) is -0.00103. The van der Waals surface area contributed by atoms with Gasteiger partial charge in [0.1, 0.15) is 11.4 Å². The molecule has 2 N–H and O–H groups in total. The highest BCUT2D eigenvalue weighted by Gasteiger charge is 2.35. The molecule has 0 radical (unpaired) electrons. The van der Waals surface area contributed by atoms with Crippen molar-refractivity contribution in [3.8, 4) is 5.75 Å². The average molecular weight is 320 g/mol. The summed E-state index contributed by atoms with van der Waals surface area (Å²) < 4.78 is 10.9. The van der Waals surface area contributed by atoms with Crippen LogP contribution in [0.15, 0.2) is 18.2 Å². The van der Waals surface area contributed by atoms with Gasteiger partial charge in [-0.1, -0.05) is 6.07 Å². The zero-order valence-electron chi connectivity index (χ0n) is 14.3. The van der Waals surface area contributed by atoms with Crippen LogP contribution in [0.2, 0.25) is 0 Å². The van der Waals surface area contributed by atoms with Gasteiger partial charge in [-0.05, 0) is 32.9 Å². The fraction of sp³-hybridized carbons (Fsp3) is 0.556. The van der Waals surface area contributed by atoms with E-state index in [-0.39, 0.29) is 5.97 Å². The normalized spacial score (nSPS) is 16.0. The van der Waals surface area contributed by atoms with Crippen LogP contribution >= 0.6 is 0 Å². The van der Waals surface area contributed by atoms with Crippen LogP contribution in [-0.2, 0) is 9.53 Å². The van der Waals surface area contributed by atoms with Crippen LogP contribution in [0.25, 0.3) is 0 Å². The molecule has 1 aliphatic rings. The molecule has 0 amide bonds. The number of carbonyl (C=O) groups excluding carboxylic acids is 2. The third-order valence-electron chi connectivity index (χ3n) is 4.54. The number of hydrogen-bond acceptors (Lipinski definition) is 4. The van der Waals surface area contributed by atoms with E-state index in [1.54, 1.807) is 25.1 Å². The lowest BCUT2D eigenvalue weighted by Gasteiger charge is -2.35. The molecule has 23 heavy (non-hydrogen) atoms. The summed E-state index contributed by atoms with van der Waals surface area (Å²) in [4.78, 5) is 23.7. The predicted octanol–water partition coefficient (Wildman–Crippen LogP) is 1.83. The first-order chi connectivity index (χ1) is 10.8. The number of nitrogens with two attached hydrogens (primary N) is 1. The third-order valence-corrected chi connectivity index (χ3v) is 4.54. The van der Waals surface area contributed by atoms with Gasteiger partial charge < -0.3 is 14.8 Å². The van der Waals surface area contributed by atoms with E-state index < -0.39 is 11.6 Å². The van der Waals surface area contributed by atoms with Crippen LogP contribution in [0.1, 0.15) is 49.5 Å². The Morgan fingerprint density at radius 1 is 1.22 bits per heavy atom. The zero-order valence-corrected chi connectivity index (χ0v) is 14.3. The molecule has 1 aliphatic heterocycles. The molecule has 0 bridgehead atoms. The molecule has 0 unspecified atom stereocenters. The quantitative estimate of drug-likeness (QED) is 0.679. The fourth-order valence-corrected chi connectivity index (χ4v) is 3.10. The van der Waals surface area contributed by atoms with Gasteiger partial charge >= 0.3 is 11.9 Å². The van der Waals surface area contributed by atoms with Crippen LogP contribution in [0.4, 0.5) is 0 Å². The molecule has 1 fully saturated rings. The predicted molar refractivity (Wildman–Crippen MR) is 86.4 cm³/mol. The highest BCUT2D eigenvalue weighted by atomic mass is 16.6. The van der Waals surface area contributed by atoms with Crippen molar-refractivity contribution in [3.05, 3.63) is 29.3 Å². The number of benzene rings is 1. The maximum atomic E-state index is 12.6. The van der Waals surface area contributed by atoms with Gasteiger partial charge in [0.2, 0.25) is 0 Å². The number of esters is 2. The topological polar surface area (TPSA) is 69.2 Å². The number of ether oxygens (including phenoxy) is 2. The highest BCUT2D eigenvalue weighted by Crippen LogP contribution is 2.30. The van der Waals surface area contributed by atoms with Crippen molar-refractivity contribution in [2.24, 2.45) is 5.92 Å². The lowest BCUT2D eigenvalue weighted by atomic mass is 9.83. The van der Waals surface area contributed by atoms with Crippen LogP contribution in [0, 0.1) is 12.8 Å². The Bertz CT molecular complexity index is 589. The number of piperidine rings is 1. The molecule has 0 saturated carbocycles. The Balaban J connectivity index is 2.15. The Labute approximate surface area is 137 Å². The minimum absolute atomic E-state index is 0.365. The number of rotatable bonds is 4. The second-order valence-electron chi connectivity index (χ2n) is 6.66. The number of hydrogen-bond donors (Lipinski definition) is 1. The third kappa shape index (κ3) is 4.32. The summed E-state index contributed by atoms with van der Waals surface area (Å²) in [5, 5.41) is 2.29. The van der Waals surface area contributed by atoms with Gasteiger partial charge in [-0.2, -0.15) is 0 Å². The number of quaternary nitrogens is 1. The van der Waals surface area contributed by atoms with Crippen LogP contribution in [0.3, 0.4) is 0 Å². The molecule has 0 aliphatic carbocycles. The molecule has 0 aromatic heterocycles. The monoisotopic (exact) mass is 320 g/mol. The maximum absolute atomic E-state index is 12.6. The van der Waals surface area contributed by atoms with Crippen molar-refractivity contribution in [2.45, 2.75) is 46.1 Å². The Kier molecular flexibility index (Phi) is 5.42. The first-order valence-corrected chi connectivity index (χ1v) is 8.14. The van der Waals surface area contributed by atoms with Crippen molar-refractivity contribution in [1.29, 1.82) is 0 Å². The molecule has 126 valence electrons. The van der Waals surface area contributed by atoms with Crippen molar-refractivity contribution in [1.82, 2.24) is 0 Å². The summed E-state index contributed by atoms with van der Waals surface area (Å²) in [6.45, 7) is 9.21. The zero-order chi connectivity index (χ0) is 17.0. The molecule has 0 atom stereocenters. The summed E-state index contributed by atoms with van der Waals surface area (Å²) >= 11 is 0. The Morgan fingerprint density at radius 2 is 1.87 bits per heavy atom. The van der Waals surface area contributed by atoms with Crippen LogP contribution in [0.5, 0.6) is 5.75 Å². The molecule has 5 heteroatoms. The Morgan fingerprint density at radius 3 is 2.48 bits per heavy atom. The second-order valence-corrected chi connectivity index (χ2v) is 6.66. The van der Waals surface area contributed by atoms with E-state index in [9.17, 15) is 9.59 Å². The van der Waals surface area contributed by atoms with E-state index in [0.29, 0.717) is 22.8 Å². The van der Waals surface area contributed by atoms with Crippen molar-refractivity contribution < 1.29 is 24.4 Å². The van der Waals surface area contributed by atoms with Gasteiger partial charge in [0.05, 0.1) is 18.7 Å². The maximum Gasteiger partial charge on any atom is 0.339 e. The number of carbonyl (C=O) groups is 2. The van der Waals surface area contributed by atoms with E-state index in [1.807, 2.05) is 13.8 Å². The fourth-order valence-electron chi connectivity index (χ4n) is 3.10. The lowest BCUT2D eigenvalue weighted by Crippen LogP contribution is -2.86. The summed E-state index contributed by atoms with van der Waals surface area (Å²) in [5.41, 5.74) is 0.564. The van der Waals surface area contributed by atoms with Crippen LogP contribution in [-0.4, -0.2) is 30.6 Å². The summed E-state index contributed by atoms with van der Waals surface area (Å²) in [6, 6.07) is 5.08. The van der Waals surface area contributed by atoms with E-state index in [0.717, 1.165) is 25.9 Å². The van der Waals surface area contributed by atoms with Crippen molar-refractivity contribution >= 4 is 11.9 Å². The van der Waals surface area contributed by atoms with Gasteiger partial charge in [-0.15, -0.1) is 0 Å². The van der Waals surface area contributed by atoms with Crippen molar-refractivity contribution in [3.63, 3.8) is 0 Å². The summed E-state index contributed by atoms with van der Waals surface area (Å²) in [6.07, 6.45) is 2.10. The van der Waals surface area contributed by atoms with Gasteiger partial charge in [0.25, 0.3) is 0 Å². The lowest BCUT2D eigenvalue weighted by molar-refractivity contribution is -0.665. The van der Waals surface area contributed by atoms with Crippen LogP contribution < -0.4 is 10.1 Å². The smallest absolute Gasteiger partial charge is 0.339 e. The van der Waals surface area contributed by atoms with Gasteiger partial charge in [-0.3, -0.25) is 4.79 Å². The summed E-state index contributed by atoms with van der Waals surface area (Å²) in [7, 11) is 0. The van der Waals surface area contributed by atoms with E-state index in [4.69, 9.17) is 9.47 Å². The molecule has 1 aromatic rings. The SMILES string of the molecule is CC(=O)Oc1cccc(C(=O)OC(C)(C)C2CC[NH2+]CC2)c1C. The molecule has 2 rings (SSSR count). The first kappa shape index (κ1) is 17.5. The minimum atomic E-state index is -0.505. The van der Waals surface area contributed by atoms with E-state index >= 15 is 0 Å². The molecule has 0 spiro atoms. The van der Waals surface area contributed by atoms with Crippen molar-refractivity contribution in [2.75, 3.05) is 13.1 Å². The molecular weight excluding hydrogens is 294 g/mol. The first-order valence-electron chi connectivity index (χ1n) is 8.14. The molecule has 1 aromatic carbocycles. The van der Waals surface area contributed by atoms with Gasteiger partial charge in [0.15, 0.2) is 0 Å². The minimum Gasteiger partial charge on any atom is -0.456 e. The van der Waals surface area contributed by atoms with E-state index in [2.05, 4.69) is 5.32 Å². The van der Waals surface area contributed by atoms with Gasteiger partial charge in [0, 0.05) is 31.2 Å². The largest absolute Gasteiger partial charge is 0.456 e. The molecular formula is C18H26NO4+. The second kappa shape index (κ2) is 7.13. The van der Waals surface area contributed by atoms with Gasteiger partial charge in [-0.25, -0.2) is 4.79 Å². The highest BCUT2D eigenvalue weighted by molar-refractivity contribution is 5.92. The molecule has 1 saturated heterocycles. The Hall–Kier alpha value is -1.88. The standard InChI is InChI=1S/C18H25NO4/c1-12-15(6-5-7-16(12)22-13(2)20)17(21)23-18(3,4)14-8-10-19-11-9-14/h5-7,14,19H,8-11H2,1-4H3/p+1. The van der Waals surface area contributed by atoms with E-state index in [1.165, 1.54) is 6.92 Å². The molecule has 5 nitrogen and oxygen atoms in total.